The highest BCUT2D eigenvalue weighted by Crippen LogP contribution is 2.37. The molecule has 2 atom stereocenters. The number of benzene rings is 1. The molecule has 2 rings (SSSR count). The number of aliphatic hydroxyl groups is 1. The first kappa shape index (κ1) is 9.28. The SMILES string of the molecule is N[C@@H]1Cc2cc(Cl)cc(Cl)c2[C@H]1O. The summed E-state index contributed by atoms with van der Waals surface area (Å²) in [4.78, 5) is 0. The highest BCUT2D eigenvalue weighted by molar-refractivity contribution is 6.35. The first-order chi connectivity index (χ1) is 6.09. The lowest BCUT2D eigenvalue weighted by molar-refractivity contribution is 0.159. The lowest BCUT2D eigenvalue weighted by Crippen LogP contribution is -2.24. The van der Waals surface area contributed by atoms with Crippen LogP contribution in [0.25, 0.3) is 0 Å². The quantitative estimate of drug-likeness (QED) is 0.698. The summed E-state index contributed by atoms with van der Waals surface area (Å²) in [5.74, 6) is 0. The van der Waals surface area contributed by atoms with E-state index in [-0.39, 0.29) is 6.04 Å². The number of aliphatic hydroxyl groups excluding tert-OH is 1. The van der Waals surface area contributed by atoms with Crippen LogP contribution in [-0.2, 0) is 6.42 Å². The molecule has 0 radical (unpaired) electrons. The van der Waals surface area contributed by atoms with Crippen LogP contribution in [0.4, 0.5) is 0 Å². The summed E-state index contributed by atoms with van der Waals surface area (Å²) in [6.07, 6.45) is -0.0173. The summed E-state index contributed by atoms with van der Waals surface area (Å²) in [6.45, 7) is 0. The Morgan fingerprint density at radius 1 is 1.38 bits per heavy atom. The van der Waals surface area contributed by atoms with Crippen molar-refractivity contribution in [3.8, 4) is 0 Å². The monoisotopic (exact) mass is 217 g/mol. The van der Waals surface area contributed by atoms with Gasteiger partial charge in [0.2, 0.25) is 0 Å². The Labute approximate surface area is 86.3 Å². The van der Waals surface area contributed by atoms with E-state index in [0.717, 1.165) is 11.1 Å². The van der Waals surface area contributed by atoms with E-state index in [1.807, 2.05) is 0 Å². The van der Waals surface area contributed by atoms with Crippen molar-refractivity contribution in [1.82, 2.24) is 0 Å². The van der Waals surface area contributed by atoms with E-state index >= 15 is 0 Å². The summed E-state index contributed by atoms with van der Waals surface area (Å²) in [5.41, 5.74) is 7.39. The molecule has 1 aromatic carbocycles. The average Bonchev–Trinajstić information content (AvgIpc) is 2.27. The van der Waals surface area contributed by atoms with E-state index in [2.05, 4.69) is 0 Å². The predicted octanol–water partition coefficient (Wildman–Crippen LogP) is 1.91. The van der Waals surface area contributed by atoms with Gasteiger partial charge in [-0.05, 0) is 24.1 Å². The van der Waals surface area contributed by atoms with Crippen LogP contribution >= 0.6 is 23.2 Å². The Kier molecular flexibility index (Phi) is 2.24. The standard InChI is InChI=1S/C9H9Cl2NO/c10-5-1-4-2-7(12)9(13)8(4)6(11)3-5/h1,3,7,9,13H,2,12H2/t7-,9+/m1/s1. The smallest absolute Gasteiger partial charge is 0.0961 e. The molecule has 0 amide bonds. The molecule has 0 fully saturated rings. The van der Waals surface area contributed by atoms with E-state index < -0.39 is 6.10 Å². The van der Waals surface area contributed by atoms with E-state index in [1.54, 1.807) is 12.1 Å². The second-order valence-corrected chi connectivity index (χ2v) is 4.12. The van der Waals surface area contributed by atoms with Crippen LogP contribution in [0.5, 0.6) is 0 Å². The van der Waals surface area contributed by atoms with Crippen LogP contribution in [0.1, 0.15) is 17.2 Å². The Morgan fingerprint density at radius 2 is 2.08 bits per heavy atom. The Bertz CT molecular complexity index is 354. The third-order valence-corrected chi connectivity index (χ3v) is 2.87. The van der Waals surface area contributed by atoms with Crippen LogP contribution in [0, 0.1) is 0 Å². The fraction of sp³-hybridized carbons (Fsp3) is 0.333. The lowest BCUT2D eigenvalue weighted by atomic mass is 10.1. The van der Waals surface area contributed by atoms with Crippen LogP contribution in [0.2, 0.25) is 10.0 Å². The van der Waals surface area contributed by atoms with Crippen molar-refractivity contribution in [2.75, 3.05) is 0 Å². The zero-order valence-electron chi connectivity index (χ0n) is 6.80. The Balaban J connectivity index is 2.57. The molecule has 0 aliphatic heterocycles. The minimum absolute atomic E-state index is 0.258. The maximum Gasteiger partial charge on any atom is 0.0961 e. The molecule has 1 aromatic rings. The first-order valence-electron chi connectivity index (χ1n) is 4.01. The Hall–Kier alpha value is -0.280. The van der Waals surface area contributed by atoms with Crippen LogP contribution in [-0.4, -0.2) is 11.1 Å². The normalized spacial score (nSPS) is 26.2. The van der Waals surface area contributed by atoms with Gasteiger partial charge in [-0.2, -0.15) is 0 Å². The summed E-state index contributed by atoms with van der Waals surface area (Å²) in [7, 11) is 0. The number of fused-ring (bicyclic) bond motifs is 1. The summed E-state index contributed by atoms with van der Waals surface area (Å²) in [5, 5.41) is 10.8. The maximum absolute atomic E-state index is 9.67. The fourth-order valence-electron chi connectivity index (χ4n) is 1.72. The number of nitrogens with two attached hydrogens (primary N) is 1. The molecule has 70 valence electrons. The van der Waals surface area contributed by atoms with Gasteiger partial charge < -0.3 is 10.8 Å². The molecule has 0 unspecified atom stereocenters. The van der Waals surface area contributed by atoms with Crippen LogP contribution < -0.4 is 5.73 Å². The maximum atomic E-state index is 9.67. The predicted molar refractivity (Wildman–Crippen MR) is 53.1 cm³/mol. The molecule has 3 N–H and O–H groups in total. The van der Waals surface area contributed by atoms with Gasteiger partial charge >= 0.3 is 0 Å². The molecule has 13 heavy (non-hydrogen) atoms. The fourth-order valence-corrected chi connectivity index (χ4v) is 2.37. The van der Waals surface area contributed by atoms with Gasteiger partial charge in [0.15, 0.2) is 0 Å². The van der Waals surface area contributed by atoms with E-state index in [1.165, 1.54) is 0 Å². The van der Waals surface area contributed by atoms with Gasteiger partial charge in [-0.3, -0.25) is 0 Å². The minimum atomic E-state index is -0.653. The van der Waals surface area contributed by atoms with Gasteiger partial charge in [-0.1, -0.05) is 23.2 Å². The van der Waals surface area contributed by atoms with E-state index in [9.17, 15) is 5.11 Å². The molecule has 0 spiro atoms. The topological polar surface area (TPSA) is 46.2 Å². The van der Waals surface area contributed by atoms with Crippen molar-refractivity contribution in [1.29, 1.82) is 0 Å². The molecular formula is C9H9Cl2NO. The average molecular weight is 218 g/mol. The molecule has 4 heteroatoms. The zero-order valence-corrected chi connectivity index (χ0v) is 8.31. The van der Waals surface area contributed by atoms with E-state index in [4.69, 9.17) is 28.9 Å². The Morgan fingerprint density at radius 3 is 2.77 bits per heavy atom. The van der Waals surface area contributed by atoms with Crippen molar-refractivity contribution >= 4 is 23.2 Å². The lowest BCUT2D eigenvalue weighted by Gasteiger charge is -2.09. The van der Waals surface area contributed by atoms with Gasteiger partial charge in [0, 0.05) is 21.7 Å². The van der Waals surface area contributed by atoms with Gasteiger partial charge in [-0.15, -0.1) is 0 Å². The van der Waals surface area contributed by atoms with Crippen LogP contribution in [0.15, 0.2) is 12.1 Å². The van der Waals surface area contributed by atoms with Gasteiger partial charge in [0.05, 0.1) is 6.10 Å². The number of hydrogen-bond acceptors (Lipinski definition) is 2. The van der Waals surface area contributed by atoms with Crippen molar-refractivity contribution < 1.29 is 5.11 Å². The number of halogens is 2. The molecule has 0 saturated carbocycles. The van der Waals surface area contributed by atoms with Crippen molar-refractivity contribution in [2.24, 2.45) is 5.73 Å². The van der Waals surface area contributed by atoms with Crippen LogP contribution in [0.3, 0.4) is 0 Å². The zero-order chi connectivity index (χ0) is 9.59. The van der Waals surface area contributed by atoms with Crippen molar-refractivity contribution in [3.63, 3.8) is 0 Å². The number of rotatable bonds is 0. The molecule has 2 nitrogen and oxygen atoms in total. The van der Waals surface area contributed by atoms with Gasteiger partial charge in [-0.25, -0.2) is 0 Å². The molecule has 0 heterocycles. The summed E-state index contributed by atoms with van der Waals surface area (Å²) < 4.78 is 0. The number of hydrogen-bond donors (Lipinski definition) is 2. The second kappa shape index (κ2) is 3.14. The van der Waals surface area contributed by atoms with Crippen molar-refractivity contribution in [2.45, 2.75) is 18.6 Å². The highest BCUT2D eigenvalue weighted by Gasteiger charge is 2.30. The molecule has 0 saturated heterocycles. The van der Waals surface area contributed by atoms with Gasteiger partial charge in [0.25, 0.3) is 0 Å². The third-order valence-electron chi connectivity index (χ3n) is 2.34. The molecule has 0 bridgehead atoms. The third kappa shape index (κ3) is 1.44. The highest BCUT2D eigenvalue weighted by atomic mass is 35.5. The van der Waals surface area contributed by atoms with Gasteiger partial charge in [0.1, 0.15) is 0 Å². The molecule has 0 aromatic heterocycles. The first-order valence-corrected chi connectivity index (χ1v) is 4.76. The largest absolute Gasteiger partial charge is 0.387 e. The molecule has 1 aliphatic rings. The summed E-state index contributed by atoms with van der Waals surface area (Å²) >= 11 is 11.8. The van der Waals surface area contributed by atoms with E-state index in [0.29, 0.717) is 16.5 Å². The summed E-state index contributed by atoms with van der Waals surface area (Å²) in [6, 6.07) is 3.17. The molecular weight excluding hydrogens is 209 g/mol. The minimum Gasteiger partial charge on any atom is -0.387 e. The van der Waals surface area contributed by atoms with Crippen molar-refractivity contribution in [3.05, 3.63) is 33.3 Å². The second-order valence-electron chi connectivity index (χ2n) is 3.27. The molecule has 1 aliphatic carbocycles.